The van der Waals surface area contributed by atoms with Crippen LogP contribution in [0.2, 0.25) is 0 Å². The lowest BCUT2D eigenvalue weighted by Gasteiger charge is -2.17. The van der Waals surface area contributed by atoms with E-state index in [1.165, 1.54) is 11.1 Å². The lowest BCUT2D eigenvalue weighted by molar-refractivity contribution is 0.120. The highest BCUT2D eigenvalue weighted by atomic mass is 16.5. The molecule has 0 amide bonds. The van der Waals surface area contributed by atoms with Crippen LogP contribution in [0.4, 0.5) is 0 Å². The summed E-state index contributed by atoms with van der Waals surface area (Å²) in [6, 6.07) is 7.05. The molecule has 0 spiro atoms. The molecule has 106 valence electrons. The van der Waals surface area contributed by atoms with Crippen LogP contribution < -0.4 is 10.1 Å². The Kier molecular flexibility index (Phi) is 5.67. The van der Waals surface area contributed by atoms with Crippen molar-refractivity contribution < 1.29 is 9.47 Å². The molecule has 0 aromatic heterocycles. The second-order valence-electron chi connectivity index (χ2n) is 4.99. The van der Waals surface area contributed by atoms with Gasteiger partial charge < -0.3 is 14.8 Å². The first-order valence-electron chi connectivity index (χ1n) is 7.39. The van der Waals surface area contributed by atoms with E-state index in [-0.39, 0.29) is 0 Å². The average molecular weight is 263 g/mol. The van der Waals surface area contributed by atoms with Crippen LogP contribution in [-0.4, -0.2) is 32.4 Å². The zero-order chi connectivity index (χ0) is 13.5. The van der Waals surface area contributed by atoms with Gasteiger partial charge in [0, 0.05) is 19.1 Å². The summed E-state index contributed by atoms with van der Waals surface area (Å²) >= 11 is 0. The number of fused-ring (bicyclic) bond motifs is 1. The summed E-state index contributed by atoms with van der Waals surface area (Å²) in [4.78, 5) is 0. The SMILES string of the molecule is CCNC(CCc1ccc2c(c1)CCO2)COCC. The largest absolute Gasteiger partial charge is 0.493 e. The van der Waals surface area contributed by atoms with Crippen LogP contribution in [0.1, 0.15) is 31.4 Å². The van der Waals surface area contributed by atoms with E-state index in [9.17, 15) is 0 Å². The third kappa shape index (κ3) is 4.22. The third-order valence-corrected chi connectivity index (χ3v) is 3.55. The molecular formula is C16H25NO2. The first kappa shape index (κ1) is 14.4. The van der Waals surface area contributed by atoms with Crippen molar-refractivity contribution in [2.75, 3.05) is 26.4 Å². The molecule has 0 bridgehead atoms. The highest BCUT2D eigenvalue weighted by Crippen LogP contribution is 2.26. The summed E-state index contributed by atoms with van der Waals surface area (Å²) in [6.45, 7) is 7.62. The Hall–Kier alpha value is -1.06. The van der Waals surface area contributed by atoms with Gasteiger partial charge in [0.15, 0.2) is 0 Å². The first-order valence-corrected chi connectivity index (χ1v) is 7.39. The molecule has 0 aliphatic carbocycles. The smallest absolute Gasteiger partial charge is 0.122 e. The van der Waals surface area contributed by atoms with Gasteiger partial charge in [-0.3, -0.25) is 0 Å². The molecule has 1 N–H and O–H groups in total. The van der Waals surface area contributed by atoms with Gasteiger partial charge in [-0.05, 0) is 43.5 Å². The van der Waals surface area contributed by atoms with E-state index in [1.54, 1.807) is 0 Å². The van der Waals surface area contributed by atoms with Gasteiger partial charge >= 0.3 is 0 Å². The minimum absolute atomic E-state index is 0.453. The molecular weight excluding hydrogens is 238 g/mol. The Morgan fingerprint density at radius 2 is 2.26 bits per heavy atom. The molecule has 1 aliphatic rings. The van der Waals surface area contributed by atoms with Crippen LogP contribution in [0.3, 0.4) is 0 Å². The molecule has 1 aliphatic heterocycles. The molecule has 0 radical (unpaired) electrons. The predicted octanol–water partition coefficient (Wildman–Crippen LogP) is 2.57. The normalized spacial score (nSPS) is 15.1. The summed E-state index contributed by atoms with van der Waals surface area (Å²) in [6.07, 6.45) is 3.27. The molecule has 3 heteroatoms. The number of likely N-dealkylation sites (N-methyl/N-ethyl adjacent to an activating group) is 1. The van der Waals surface area contributed by atoms with Gasteiger partial charge in [0.05, 0.1) is 13.2 Å². The Balaban J connectivity index is 1.85. The van der Waals surface area contributed by atoms with Gasteiger partial charge in [0.2, 0.25) is 0 Å². The van der Waals surface area contributed by atoms with Crippen molar-refractivity contribution in [3.63, 3.8) is 0 Å². The van der Waals surface area contributed by atoms with Gasteiger partial charge in [0.25, 0.3) is 0 Å². The van der Waals surface area contributed by atoms with Crippen LogP contribution in [0.25, 0.3) is 0 Å². The van der Waals surface area contributed by atoms with E-state index in [4.69, 9.17) is 9.47 Å². The molecule has 2 rings (SSSR count). The topological polar surface area (TPSA) is 30.5 Å². The molecule has 0 fully saturated rings. The van der Waals surface area contributed by atoms with Crippen LogP contribution >= 0.6 is 0 Å². The fourth-order valence-corrected chi connectivity index (χ4v) is 2.53. The number of nitrogens with one attached hydrogen (secondary N) is 1. The number of aryl methyl sites for hydroxylation is 1. The summed E-state index contributed by atoms with van der Waals surface area (Å²) < 4.78 is 11.1. The molecule has 1 unspecified atom stereocenters. The third-order valence-electron chi connectivity index (χ3n) is 3.55. The fourth-order valence-electron chi connectivity index (χ4n) is 2.53. The zero-order valence-electron chi connectivity index (χ0n) is 12.1. The van der Waals surface area contributed by atoms with E-state index < -0.39 is 0 Å². The Bertz CT molecular complexity index is 392. The van der Waals surface area contributed by atoms with E-state index in [2.05, 4.69) is 30.4 Å². The van der Waals surface area contributed by atoms with Gasteiger partial charge in [-0.2, -0.15) is 0 Å². The molecule has 3 nitrogen and oxygen atoms in total. The van der Waals surface area contributed by atoms with Gasteiger partial charge in [0.1, 0.15) is 5.75 Å². The molecule has 1 heterocycles. The quantitative estimate of drug-likeness (QED) is 0.782. The van der Waals surface area contributed by atoms with E-state index >= 15 is 0 Å². The van der Waals surface area contributed by atoms with Crippen molar-refractivity contribution in [1.82, 2.24) is 5.32 Å². The Morgan fingerprint density at radius 3 is 3.05 bits per heavy atom. The Labute approximate surface area is 116 Å². The van der Waals surface area contributed by atoms with Crippen molar-refractivity contribution in [3.8, 4) is 5.75 Å². The van der Waals surface area contributed by atoms with Crippen molar-refractivity contribution >= 4 is 0 Å². The van der Waals surface area contributed by atoms with Crippen molar-refractivity contribution in [1.29, 1.82) is 0 Å². The molecule has 1 atom stereocenters. The standard InChI is InChI=1S/C16H25NO2/c1-3-17-15(12-18-4-2)7-5-13-6-8-16-14(11-13)9-10-19-16/h6,8,11,15,17H,3-5,7,9-10,12H2,1-2H3. The van der Waals surface area contributed by atoms with Crippen LogP contribution in [0.15, 0.2) is 18.2 Å². The van der Waals surface area contributed by atoms with E-state index in [0.29, 0.717) is 6.04 Å². The van der Waals surface area contributed by atoms with Crippen molar-refractivity contribution in [2.45, 2.75) is 39.2 Å². The van der Waals surface area contributed by atoms with Crippen molar-refractivity contribution in [2.24, 2.45) is 0 Å². The number of hydrogen-bond donors (Lipinski definition) is 1. The molecule has 0 saturated heterocycles. The molecule has 1 aromatic carbocycles. The lowest BCUT2D eigenvalue weighted by atomic mass is 10.0. The van der Waals surface area contributed by atoms with Gasteiger partial charge in [-0.1, -0.05) is 19.1 Å². The van der Waals surface area contributed by atoms with Crippen LogP contribution in [0.5, 0.6) is 5.75 Å². The summed E-state index contributed by atoms with van der Waals surface area (Å²) in [7, 11) is 0. The number of ether oxygens (including phenoxy) is 2. The first-order chi connectivity index (χ1) is 9.33. The predicted molar refractivity (Wildman–Crippen MR) is 77.9 cm³/mol. The van der Waals surface area contributed by atoms with E-state index in [0.717, 1.165) is 51.4 Å². The second kappa shape index (κ2) is 7.51. The minimum atomic E-state index is 0.453. The summed E-state index contributed by atoms with van der Waals surface area (Å²) in [5.41, 5.74) is 2.77. The Morgan fingerprint density at radius 1 is 1.37 bits per heavy atom. The average Bonchev–Trinajstić information content (AvgIpc) is 2.89. The monoisotopic (exact) mass is 263 g/mol. The molecule has 19 heavy (non-hydrogen) atoms. The highest BCUT2D eigenvalue weighted by molar-refractivity contribution is 5.39. The van der Waals surface area contributed by atoms with Gasteiger partial charge in [-0.15, -0.1) is 0 Å². The number of benzene rings is 1. The van der Waals surface area contributed by atoms with Crippen molar-refractivity contribution in [3.05, 3.63) is 29.3 Å². The van der Waals surface area contributed by atoms with Crippen LogP contribution in [-0.2, 0) is 17.6 Å². The molecule has 1 aromatic rings. The maximum Gasteiger partial charge on any atom is 0.122 e. The van der Waals surface area contributed by atoms with E-state index in [1.807, 2.05) is 6.92 Å². The lowest BCUT2D eigenvalue weighted by Crippen LogP contribution is -2.33. The molecule has 0 saturated carbocycles. The second-order valence-corrected chi connectivity index (χ2v) is 4.99. The number of rotatable bonds is 8. The summed E-state index contributed by atoms with van der Waals surface area (Å²) in [5, 5.41) is 3.49. The van der Waals surface area contributed by atoms with Crippen LogP contribution in [0, 0.1) is 0 Å². The fraction of sp³-hybridized carbons (Fsp3) is 0.625. The maximum atomic E-state index is 5.54. The summed E-state index contributed by atoms with van der Waals surface area (Å²) in [5.74, 6) is 1.07. The number of hydrogen-bond acceptors (Lipinski definition) is 3. The highest BCUT2D eigenvalue weighted by Gasteiger charge is 2.13. The maximum absolute atomic E-state index is 5.54. The minimum Gasteiger partial charge on any atom is -0.493 e. The van der Waals surface area contributed by atoms with Gasteiger partial charge in [-0.25, -0.2) is 0 Å². The zero-order valence-corrected chi connectivity index (χ0v) is 12.1.